The van der Waals surface area contributed by atoms with Crippen LogP contribution in [0, 0.1) is 23.4 Å². The van der Waals surface area contributed by atoms with E-state index >= 15 is 4.39 Å². The molecule has 1 saturated carbocycles. The standard InChI is InChI=1S/C26H23F3N2O4S/c1-14(25(33)34)8-19-20(27)9-17(10-21(19)28)24(32)31-26-30-22(13-36-26)18-7-3-6-16(23(18)29)12-35-11-15-4-2-5-15/h3,6-10,13,15H,2,4-5,11-12H2,1H3,(H,33,34)(H,30,31,32). The van der Waals surface area contributed by atoms with Crippen molar-refractivity contribution in [2.45, 2.75) is 32.8 Å². The molecule has 0 bridgehead atoms. The molecule has 1 amide bonds. The summed E-state index contributed by atoms with van der Waals surface area (Å²) in [4.78, 5) is 27.7. The summed E-state index contributed by atoms with van der Waals surface area (Å²) in [5, 5.41) is 13.0. The second-order valence-electron chi connectivity index (χ2n) is 8.57. The van der Waals surface area contributed by atoms with Crippen LogP contribution in [0.15, 0.2) is 41.3 Å². The first-order valence-corrected chi connectivity index (χ1v) is 12.1. The van der Waals surface area contributed by atoms with Crippen LogP contribution in [-0.4, -0.2) is 28.6 Å². The summed E-state index contributed by atoms with van der Waals surface area (Å²) in [6.07, 6.45) is 4.34. The molecule has 2 N–H and O–H groups in total. The van der Waals surface area contributed by atoms with Crippen LogP contribution in [0.4, 0.5) is 18.3 Å². The molecule has 3 aromatic rings. The number of carboxylic acids is 1. The number of benzene rings is 2. The van der Waals surface area contributed by atoms with E-state index < -0.39 is 34.9 Å². The minimum absolute atomic E-state index is 0.118. The molecule has 6 nitrogen and oxygen atoms in total. The van der Waals surface area contributed by atoms with E-state index in [1.54, 1.807) is 23.6 Å². The summed E-state index contributed by atoms with van der Waals surface area (Å²) in [5.74, 6) is -4.22. The minimum atomic E-state index is -1.32. The second kappa shape index (κ2) is 11.0. The van der Waals surface area contributed by atoms with Gasteiger partial charge in [0, 0.05) is 39.8 Å². The number of hydrogen-bond acceptors (Lipinski definition) is 5. The molecule has 1 fully saturated rings. The van der Waals surface area contributed by atoms with Crippen molar-refractivity contribution < 1.29 is 32.6 Å². The van der Waals surface area contributed by atoms with Gasteiger partial charge in [-0.25, -0.2) is 22.9 Å². The maximum absolute atomic E-state index is 15.1. The molecule has 2 aromatic carbocycles. The van der Waals surface area contributed by atoms with Gasteiger partial charge in [0.2, 0.25) is 0 Å². The van der Waals surface area contributed by atoms with Gasteiger partial charge in [0.1, 0.15) is 17.5 Å². The Morgan fingerprint density at radius 1 is 1.22 bits per heavy atom. The number of carboxylic acid groups (broad SMARTS) is 1. The summed E-state index contributed by atoms with van der Waals surface area (Å²) < 4.78 is 49.5. The Balaban J connectivity index is 1.46. The Morgan fingerprint density at radius 3 is 2.58 bits per heavy atom. The Morgan fingerprint density at radius 2 is 1.94 bits per heavy atom. The molecular formula is C26H23F3N2O4S. The third-order valence-corrected chi connectivity index (χ3v) is 6.71. The van der Waals surface area contributed by atoms with E-state index in [2.05, 4.69) is 10.3 Å². The lowest BCUT2D eigenvalue weighted by Gasteiger charge is -2.24. The van der Waals surface area contributed by atoms with E-state index in [9.17, 15) is 18.4 Å². The van der Waals surface area contributed by atoms with Gasteiger partial charge in [-0.3, -0.25) is 10.1 Å². The number of carbonyl (C=O) groups excluding carboxylic acids is 1. The SMILES string of the molecule is CC(=Cc1c(F)cc(C(=O)Nc2nc(-c3cccc(COCC4CCC4)c3F)cs2)cc1F)C(=O)O. The van der Waals surface area contributed by atoms with Crippen molar-refractivity contribution in [2.24, 2.45) is 5.92 Å². The summed E-state index contributed by atoms with van der Waals surface area (Å²) in [7, 11) is 0. The summed E-state index contributed by atoms with van der Waals surface area (Å²) in [6, 6.07) is 6.53. The fourth-order valence-electron chi connectivity index (χ4n) is 3.64. The van der Waals surface area contributed by atoms with E-state index in [0.29, 0.717) is 23.8 Å². The summed E-state index contributed by atoms with van der Waals surface area (Å²) in [5.41, 5.74) is -0.182. The number of halogens is 3. The molecule has 1 aromatic heterocycles. The Labute approximate surface area is 209 Å². The quantitative estimate of drug-likeness (QED) is 0.327. The average Bonchev–Trinajstić information content (AvgIpc) is 3.26. The molecule has 4 rings (SSSR count). The first-order valence-electron chi connectivity index (χ1n) is 11.3. The third-order valence-electron chi connectivity index (χ3n) is 5.95. The van der Waals surface area contributed by atoms with E-state index in [1.807, 2.05) is 0 Å². The zero-order valence-electron chi connectivity index (χ0n) is 19.3. The van der Waals surface area contributed by atoms with Crippen LogP contribution in [0.1, 0.15) is 47.7 Å². The number of nitrogens with one attached hydrogen (secondary N) is 1. The molecule has 36 heavy (non-hydrogen) atoms. The van der Waals surface area contributed by atoms with Gasteiger partial charge in [-0.1, -0.05) is 18.6 Å². The molecular weight excluding hydrogens is 493 g/mol. The van der Waals surface area contributed by atoms with Crippen LogP contribution < -0.4 is 5.32 Å². The van der Waals surface area contributed by atoms with Gasteiger partial charge in [0.05, 0.1) is 12.3 Å². The highest BCUT2D eigenvalue weighted by atomic mass is 32.1. The number of carbonyl (C=O) groups is 2. The van der Waals surface area contributed by atoms with Crippen molar-refractivity contribution in [3.63, 3.8) is 0 Å². The molecule has 1 aliphatic rings. The van der Waals surface area contributed by atoms with Gasteiger partial charge in [-0.05, 0) is 50.0 Å². The van der Waals surface area contributed by atoms with Crippen LogP contribution >= 0.6 is 11.3 Å². The highest BCUT2D eigenvalue weighted by Crippen LogP contribution is 2.30. The third kappa shape index (κ3) is 5.83. The van der Waals surface area contributed by atoms with Gasteiger partial charge in [-0.15, -0.1) is 11.3 Å². The van der Waals surface area contributed by atoms with E-state index in [4.69, 9.17) is 9.84 Å². The van der Waals surface area contributed by atoms with Gasteiger partial charge in [0.25, 0.3) is 5.91 Å². The van der Waals surface area contributed by atoms with E-state index in [0.717, 1.165) is 42.4 Å². The molecule has 0 unspecified atom stereocenters. The number of thiazole rings is 1. The molecule has 0 radical (unpaired) electrons. The second-order valence-corrected chi connectivity index (χ2v) is 9.43. The highest BCUT2D eigenvalue weighted by molar-refractivity contribution is 7.14. The van der Waals surface area contributed by atoms with E-state index in [1.165, 1.54) is 13.3 Å². The minimum Gasteiger partial charge on any atom is -0.478 e. The zero-order valence-corrected chi connectivity index (χ0v) is 20.1. The fourth-order valence-corrected chi connectivity index (χ4v) is 4.35. The van der Waals surface area contributed by atoms with Crippen LogP contribution in [0.3, 0.4) is 0 Å². The van der Waals surface area contributed by atoms with Crippen molar-refractivity contribution in [3.05, 3.63) is 75.4 Å². The zero-order chi connectivity index (χ0) is 25.8. The number of amides is 1. The van der Waals surface area contributed by atoms with Crippen molar-refractivity contribution in [1.82, 2.24) is 4.98 Å². The maximum atomic E-state index is 15.1. The lowest BCUT2D eigenvalue weighted by molar-refractivity contribution is -0.132. The largest absolute Gasteiger partial charge is 0.478 e. The number of aliphatic carboxylic acids is 1. The topological polar surface area (TPSA) is 88.5 Å². The Bertz CT molecular complexity index is 1310. The highest BCUT2D eigenvalue weighted by Gasteiger charge is 2.19. The lowest BCUT2D eigenvalue weighted by Crippen LogP contribution is -2.17. The predicted molar refractivity (Wildman–Crippen MR) is 130 cm³/mol. The summed E-state index contributed by atoms with van der Waals surface area (Å²) >= 11 is 1.03. The number of anilines is 1. The lowest BCUT2D eigenvalue weighted by atomic mass is 9.86. The molecule has 10 heteroatoms. The first-order chi connectivity index (χ1) is 17.2. The molecule has 1 heterocycles. The summed E-state index contributed by atoms with van der Waals surface area (Å²) in [6.45, 7) is 1.95. The molecule has 0 aliphatic heterocycles. The van der Waals surface area contributed by atoms with Crippen molar-refractivity contribution in [1.29, 1.82) is 0 Å². The van der Waals surface area contributed by atoms with Gasteiger partial charge in [-0.2, -0.15) is 0 Å². The number of aromatic nitrogens is 1. The van der Waals surface area contributed by atoms with Gasteiger partial charge >= 0.3 is 5.97 Å². The van der Waals surface area contributed by atoms with Crippen LogP contribution in [0.25, 0.3) is 17.3 Å². The molecule has 0 saturated heterocycles. The number of hydrogen-bond donors (Lipinski definition) is 2. The van der Waals surface area contributed by atoms with Gasteiger partial charge in [0.15, 0.2) is 5.13 Å². The van der Waals surface area contributed by atoms with Crippen molar-refractivity contribution in [3.8, 4) is 11.3 Å². The fraction of sp³-hybridized carbons (Fsp3) is 0.269. The Kier molecular flexibility index (Phi) is 7.85. The Hall–Kier alpha value is -3.50. The van der Waals surface area contributed by atoms with Crippen molar-refractivity contribution >= 4 is 34.4 Å². The molecule has 0 atom stereocenters. The molecule has 188 valence electrons. The monoisotopic (exact) mass is 516 g/mol. The predicted octanol–water partition coefficient (Wildman–Crippen LogP) is 6.28. The van der Waals surface area contributed by atoms with Gasteiger partial charge < -0.3 is 9.84 Å². The van der Waals surface area contributed by atoms with Crippen molar-refractivity contribution in [2.75, 3.05) is 11.9 Å². The number of nitrogens with zero attached hydrogens (tertiary/aromatic N) is 1. The van der Waals surface area contributed by atoms with Crippen LogP contribution in [-0.2, 0) is 16.1 Å². The smallest absolute Gasteiger partial charge is 0.331 e. The number of ether oxygens (including phenoxy) is 1. The number of rotatable bonds is 9. The normalized spacial score (nSPS) is 13.9. The van der Waals surface area contributed by atoms with Crippen LogP contribution in [0.5, 0.6) is 0 Å². The first kappa shape index (κ1) is 25.6. The molecule has 1 aliphatic carbocycles. The average molecular weight is 517 g/mol. The molecule has 0 spiro atoms. The van der Waals surface area contributed by atoms with E-state index in [-0.39, 0.29) is 28.4 Å². The maximum Gasteiger partial charge on any atom is 0.331 e. The van der Waals surface area contributed by atoms with Crippen LogP contribution in [0.2, 0.25) is 0 Å².